The molecule has 1 aliphatic rings. The number of ether oxygens (including phenoxy) is 3. The molecule has 0 radical (unpaired) electrons. The molecule has 47 heavy (non-hydrogen) atoms. The summed E-state index contributed by atoms with van der Waals surface area (Å²) in [7, 11) is -3.58. The molecule has 0 aromatic heterocycles. The molecular formula is C32H42N4O10S. The number of amides is 3. The Morgan fingerprint density at radius 1 is 1.04 bits per heavy atom. The van der Waals surface area contributed by atoms with Crippen molar-refractivity contribution in [2.24, 2.45) is 0 Å². The molecule has 14 nitrogen and oxygen atoms in total. The molecule has 1 heterocycles. The summed E-state index contributed by atoms with van der Waals surface area (Å²) in [6.45, 7) is 6.40. The highest BCUT2D eigenvalue weighted by Crippen LogP contribution is 2.38. The Hall–Kier alpha value is -4.36. The third kappa shape index (κ3) is 8.72. The van der Waals surface area contributed by atoms with Gasteiger partial charge in [0, 0.05) is 32.1 Å². The molecule has 1 saturated heterocycles. The minimum absolute atomic E-state index is 0.0482. The van der Waals surface area contributed by atoms with Crippen LogP contribution in [0.2, 0.25) is 0 Å². The summed E-state index contributed by atoms with van der Waals surface area (Å²) < 4.78 is 45.9. The summed E-state index contributed by atoms with van der Waals surface area (Å²) in [5, 5.41) is 20.1. The molecule has 3 amide bonds. The van der Waals surface area contributed by atoms with Gasteiger partial charge in [0.1, 0.15) is 30.3 Å². The number of likely N-dealkylation sites (N-methyl/N-ethyl adjacent to an activating group) is 1. The standard InChI is InChI=1S/C32H42N4O10S/c1-6-7-22-44-26-14-16-27(17-15-26)47(42,43)34(5)32(29(39)33-41,36(19-21-37)30(40)46-31(2,3)4)24-10-12-25(13-11-24)45-23-20-35-18-8-9-28(35)38/h10-17,37,41H,8-9,18-23H2,1-5H3,(H,33,39). The van der Waals surface area contributed by atoms with Gasteiger partial charge in [-0.05, 0) is 70.5 Å². The van der Waals surface area contributed by atoms with Crippen LogP contribution in [0.3, 0.4) is 0 Å². The molecule has 0 aliphatic carbocycles. The summed E-state index contributed by atoms with van der Waals surface area (Å²) >= 11 is 0. The van der Waals surface area contributed by atoms with E-state index in [0.29, 0.717) is 35.3 Å². The van der Waals surface area contributed by atoms with E-state index < -0.39 is 46.4 Å². The zero-order chi connectivity index (χ0) is 34.8. The second-order valence-corrected chi connectivity index (χ2v) is 13.5. The number of hydrogen-bond acceptors (Lipinski definition) is 10. The number of aliphatic hydroxyl groups excluding tert-OH is 1. The number of likely N-dealkylation sites (tertiary alicyclic amines) is 1. The van der Waals surface area contributed by atoms with Gasteiger partial charge >= 0.3 is 6.09 Å². The minimum Gasteiger partial charge on any atom is -0.492 e. The van der Waals surface area contributed by atoms with Crippen molar-refractivity contribution in [3.8, 4) is 23.3 Å². The van der Waals surface area contributed by atoms with E-state index in [2.05, 4.69) is 11.8 Å². The third-order valence-corrected chi connectivity index (χ3v) is 9.08. The van der Waals surface area contributed by atoms with Gasteiger partial charge in [-0.1, -0.05) is 18.1 Å². The molecule has 2 aromatic rings. The molecule has 15 heteroatoms. The molecule has 0 spiro atoms. The van der Waals surface area contributed by atoms with Gasteiger partial charge in [0.2, 0.25) is 21.6 Å². The van der Waals surface area contributed by atoms with E-state index in [1.165, 1.54) is 54.0 Å². The number of rotatable bonds is 14. The monoisotopic (exact) mass is 674 g/mol. The molecule has 3 N–H and O–H groups in total. The van der Waals surface area contributed by atoms with Gasteiger partial charge in [0.25, 0.3) is 5.91 Å². The predicted molar refractivity (Wildman–Crippen MR) is 170 cm³/mol. The Kier molecular flexibility index (Phi) is 12.6. The van der Waals surface area contributed by atoms with Gasteiger partial charge in [-0.2, -0.15) is 4.31 Å². The predicted octanol–water partition coefficient (Wildman–Crippen LogP) is 2.30. The van der Waals surface area contributed by atoms with Crippen molar-refractivity contribution >= 4 is 27.9 Å². The molecule has 0 bridgehead atoms. The normalized spacial score (nSPS) is 14.6. The van der Waals surface area contributed by atoms with Crippen LogP contribution in [0.25, 0.3) is 0 Å². The van der Waals surface area contributed by atoms with Crippen molar-refractivity contribution in [3.05, 3.63) is 54.1 Å². The summed E-state index contributed by atoms with van der Waals surface area (Å²) in [6, 6.07) is 11.0. The molecule has 3 rings (SSSR count). The second kappa shape index (κ2) is 16.0. The van der Waals surface area contributed by atoms with E-state index in [1.807, 2.05) is 0 Å². The fourth-order valence-electron chi connectivity index (χ4n) is 5.01. The van der Waals surface area contributed by atoms with Crippen LogP contribution >= 0.6 is 0 Å². The van der Waals surface area contributed by atoms with E-state index in [-0.39, 0.29) is 29.6 Å². The Bertz CT molecular complexity index is 1560. The van der Waals surface area contributed by atoms with Crippen LogP contribution in [0.15, 0.2) is 53.4 Å². The highest BCUT2D eigenvalue weighted by Gasteiger charge is 2.56. The first kappa shape index (κ1) is 37.1. The second-order valence-electron chi connectivity index (χ2n) is 11.5. The third-order valence-electron chi connectivity index (χ3n) is 7.23. The molecule has 1 atom stereocenters. The zero-order valence-electron chi connectivity index (χ0n) is 27.2. The van der Waals surface area contributed by atoms with E-state index in [0.717, 1.165) is 18.4 Å². The number of aliphatic hydroxyl groups is 1. The minimum atomic E-state index is -4.64. The molecule has 0 saturated carbocycles. The maximum Gasteiger partial charge on any atom is 0.412 e. The van der Waals surface area contributed by atoms with E-state index in [9.17, 15) is 33.1 Å². The smallest absolute Gasteiger partial charge is 0.412 e. The van der Waals surface area contributed by atoms with Crippen LogP contribution in [0.1, 0.15) is 46.1 Å². The Balaban J connectivity index is 2.12. The Labute approximate surface area is 275 Å². The summed E-state index contributed by atoms with van der Waals surface area (Å²) in [6.07, 6.45) is 0.134. The van der Waals surface area contributed by atoms with Crippen molar-refractivity contribution in [3.63, 3.8) is 0 Å². The number of hydrogen-bond donors (Lipinski definition) is 3. The number of benzene rings is 2. The van der Waals surface area contributed by atoms with Crippen molar-refractivity contribution < 1.29 is 47.3 Å². The van der Waals surface area contributed by atoms with Crippen molar-refractivity contribution in [1.29, 1.82) is 0 Å². The van der Waals surface area contributed by atoms with Crippen LogP contribution in [0.5, 0.6) is 11.5 Å². The van der Waals surface area contributed by atoms with Crippen LogP contribution in [-0.2, 0) is 30.0 Å². The van der Waals surface area contributed by atoms with Crippen molar-refractivity contribution in [2.45, 2.75) is 56.7 Å². The zero-order valence-corrected chi connectivity index (χ0v) is 28.0. The number of carbonyl (C=O) groups excluding carboxylic acids is 3. The maximum atomic E-state index is 14.2. The molecular weight excluding hydrogens is 632 g/mol. The first-order valence-corrected chi connectivity index (χ1v) is 16.3. The SMILES string of the molecule is CC#CCOc1ccc(S(=O)(=O)N(C)C(C(=O)NO)(c2ccc(OCCN3CCCC3=O)cc2)N(CCO)C(=O)OC(C)(C)C)cc1. The average Bonchev–Trinajstić information content (AvgIpc) is 3.44. The quantitative estimate of drug-likeness (QED) is 0.117. The van der Waals surface area contributed by atoms with E-state index in [1.54, 1.807) is 32.6 Å². The lowest BCUT2D eigenvalue weighted by Gasteiger charge is -2.46. The molecule has 256 valence electrons. The summed E-state index contributed by atoms with van der Waals surface area (Å²) in [5.74, 6) is 4.82. The lowest BCUT2D eigenvalue weighted by atomic mass is 9.96. The van der Waals surface area contributed by atoms with Gasteiger partial charge in [-0.15, -0.1) is 5.92 Å². The first-order valence-electron chi connectivity index (χ1n) is 14.9. The summed E-state index contributed by atoms with van der Waals surface area (Å²) in [4.78, 5) is 41.7. The maximum absolute atomic E-state index is 14.2. The fraction of sp³-hybridized carbons (Fsp3) is 0.469. The number of sulfonamides is 1. The molecule has 1 fully saturated rings. The first-order chi connectivity index (χ1) is 22.2. The van der Waals surface area contributed by atoms with E-state index in [4.69, 9.17) is 14.2 Å². The van der Waals surface area contributed by atoms with Gasteiger partial charge in [-0.3, -0.25) is 19.7 Å². The number of hydroxylamine groups is 1. The number of carbonyl (C=O) groups is 3. The van der Waals surface area contributed by atoms with Crippen LogP contribution < -0.4 is 15.0 Å². The van der Waals surface area contributed by atoms with Gasteiger partial charge in [-0.25, -0.2) is 18.7 Å². The highest BCUT2D eigenvalue weighted by molar-refractivity contribution is 7.89. The fourth-order valence-corrected chi connectivity index (χ4v) is 6.44. The lowest BCUT2D eigenvalue weighted by Crippen LogP contribution is -2.67. The van der Waals surface area contributed by atoms with Crippen LogP contribution in [0.4, 0.5) is 4.79 Å². The average molecular weight is 675 g/mol. The van der Waals surface area contributed by atoms with Gasteiger partial charge < -0.3 is 24.2 Å². The summed E-state index contributed by atoms with van der Waals surface area (Å²) in [5.41, 5.74) is -2.30. The van der Waals surface area contributed by atoms with Crippen LogP contribution in [-0.4, -0.2) is 103 Å². The largest absolute Gasteiger partial charge is 0.492 e. The molecule has 1 unspecified atom stereocenters. The van der Waals surface area contributed by atoms with Crippen molar-refractivity contribution in [2.75, 3.05) is 46.5 Å². The number of nitrogens with one attached hydrogen (secondary N) is 1. The number of nitrogens with zero attached hydrogens (tertiary/aromatic N) is 3. The molecule has 1 aliphatic heterocycles. The highest BCUT2D eigenvalue weighted by atomic mass is 32.2. The van der Waals surface area contributed by atoms with Gasteiger partial charge in [0.05, 0.1) is 18.0 Å². The van der Waals surface area contributed by atoms with Gasteiger partial charge in [0.15, 0.2) is 0 Å². The lowest BCUT2D eigenvalue weighted by molar-refractivity contribution is -0.152. The van der Waals surface area contributed by atoms with Crippen molar-refractivity contribution in [1.82, 2.24) is 19.6 Å². The topological polar surface area (TPSA) is 175 Å². The Morgan fingerprint density at radius 3 is 2.19 bits per heavy atom. The van der Waals surface area contributed by atoms with Crippen LogP contribution in [0, 0.1) is 11.8 Å². The molecule has 2 aromatic carbocycles. The Morgan fingerprint density at radius 2 is 1.66 bits per heavy atom. The van der Waals surface area contributed by atoms with E-state index >= 15 is 0 Å².